The standard InChI is InChI=1S/C15H21FN2O2/c1-11(20)17-9-12-4-6-18(7-5-12)15-3-2-13(10-19)8-14(15)16/h2-3,8,12,19H,4-7,9-10H2,1H3,(H,17,20). The van der Waals surface area contributed by atoms with Crippen LogP contribution in [0.3, 0.4) is 0 Å². The molecule has 1 aromatic carbocycles. The Balaban J connectivity index is 1.92. The van der Waals surface area contributed by atoms with Crippen molar-refractivity contribution in [3.05, 3.63) is 29.6 Å². The second kappa shape index (κ2) is 6.70. The SMILES string of the molecule is CC(=O)NCC1CCN(c2ccc(CO)cc2F)CC1. The highest BCUT2D eigenvalue weighted by Gasteiger charge is 2.21. The van der Waals surface area contributed by atoms with Crippen molar-refractivity contribution in [1.29, 1.82) is 0 Å². The van der Waals surface area contributed by atoms with Crippen LogP contribution in [-0.2, 0) is 11.4 Å². The van der Waals surface area contributed by atoms with E-state index in [0.29, 0.717) is 23.7 Å². The molecule has 2 rings (SSSR count). The molecule has 0 atom stereocenters. The van der Waals surface area contributed by atoms with E-state index in [1.165, 1.54) is 13.0 Å². The minimum atomic E-state index is -0.281. The maximum Gasteiger partial charge on any atom is 0.216 e. The summed E-state index contributed by atoms with van der Waals surface area (Å²) in [6, 6.07) is 4.87. The third-order valence-corrected chi connectivity index (χ3v) is 3.79. The molecule has 0 spiro atoms. The van der Waals surface area contributed by atoms with E-state index < -0.39 is 0 Å². The number of anilines is 1. The molecule has 1 aliphatic rings. The molecule has 4 nitrogen and oxygen atoms in total. The lowest BCUT2D eigenvalue weighted by Crippen LogP contribution is -2.38. The van der Waals surface area contributed by atoms with Gasteiger partial charge in [-0.25, -0.2) is 4.39 Å². The fourth-order valence-electron chi connectivity index (χ4n) is 2.57. The molecule has 0 aromatic heterocycles. The van der Waals surface area contributed by atoms with Gasteiger partial charge in [0.1, 0.15) is 5.82 Å². The van der Waals surface area contributed by atoms with Crippen molar-refractivity contribution in [2.75, 3.05) is 24.5 Å². The van der Waals surface area contributed by atoms with Crippen molar-refractivity contribution in [3.63, 3.8) is 0 Å². The molecule has 1 heterocycles. The Labute approximate surface area is 118 Å². The Hall–Kier alpha value is -1.62. The molecule has 1 saturated heterocycles. The number of amides is 1. The summed E-state index contributed by atoms with van der Waals surface area (Å²) in [5.74, 6) is 0.185. The van der Waals surface area contributed by atoms with Crippen molar-refractivity contribution in [3.8, 4) is 0 Å². The molecule has 0 saturated carbocycles. The van der Waals surface area contributed by atoms with Gasteiger partial charge in [0, 0.05) is 26.6 Å². The topological polar surface area (TPSA) is 52.6 Å². The molecule has 0 bridgehead atoms. The average Bonchev–Trinajstić information content (AvgIpc) is 2.45. The summed E-state index contributed by atoms with van der Waals surface area (Å²) >= 11 is 0. The molecule has 0 aliphatic carbocycles. The molecule has 1 amide bonds. The lowest BCUT2D eigenvalue weighted by atomic mass is 9.96. The molecule has 0 unspecified atom stereocenters. The molecule has 5 heteroatoms. The summed E-state index contributed by atoms with van der Waals surface area (Å²) in [4.78, 5) is 12.9. The summed E-state index contributed by atoms with van der Waals surface area (Å²) in [6.45, 7) is 3.66. The predicted molar refractivity (Wildman–Crippen MR) is 75.9 cm³/mol. The average molecular weight is 280 g/mol. The number of benzene rings is 1. The fourth-order valence-corrected chi connectivity index (χ4v) is 2.57. The molecule has 1 fully saturated rings. The van der Waals surface area contributed by atoms with E-state index in [2.05, 4.69) is 5.32 Å². The van der Waals surface area contributed by atoms with Crippen LogP contribution in [0.5, 0.6) is 0 Å². The Kier molecular flexibility index (Phi) is 4.95. The molecule has 0 radical (unpaired) electrons. The first kappa shape index (κ1) is 14.8. The Bertz CT molecular complexity index is 471. The lowest BCUT2D eigenvalue weighted by molar-refractivity contribution is -0.119. The van der Waals surface area contributed by atoms with Crippen LogP contribution in [0, 0.1) is 11.7 Å². The van der Waals surface area contributed by atoms with Crippen LogP contribution in [0.4, 0.5) is 10.1 Å². The van der Waals surface area contributed by atoms with Gasteiger partial charge in [-0.05, 0) is 36.5 Å². The summed E-state index contributed by atoms with van der Waals surface area (Å²) in [7, 11) is 0. The first-order valence-electron chi connectivity index (χ1n) is 6.99. The highest BCUT2D eigenvalue weighted by molar-refractivity contribution is 5.72. The van der Waals surface area contributed by atoms with E-state index in [-0.39, 0.29) is 18.3 Å². The molecule has 1 aromatic rings. The van der Waals surface area contributed by atoms with Gasteiger partial charge in [0.2, 0.25) is 5.91 Å². The first-order valence-corrected chi connectivity index (χ1v) is 6.99. The molecule has 2 N–H and O–H groups in total. The molecule has 110 valence electrons. The predicted octanol–water partition coefficient (Wildman–Crippen LogP) is 1.67. The van der Waals surface area contributed by atoms with Crippen LogP contribution in [0.25, 0.3) is 0 Å². The number of piperidine rings is 1. The van der Waals surface area contributed by atoms with Crippen LogP contribution in [0.1, 0.15) is 25.3 Å². The molecule has 1 aliphatic heterocycles. The highest BCUT2D eigenvalue weighted by Crippen LogP contribution is 2.26. The van der Waals surface area contributed by atoms with Crippen LogP contribution in [0.2, 0.25) is 0 Å². The van der Waals surface area contributed by atoms with Gasteiger partial charge in [-0.1, -0.05) is 6.07 Å². The van der Waals surface area contributed by atoms with E-state index in [9.17, 15) is 9.18 Å². The fraction of sp³-hybridized carbons (Fsp3) is 0.533. The minimum absolute atomic E-state index is 0.00179. The van der Waals surface area contributed by atoms with Crippen molar-refractivity contribution in [1.82, 2.24) is 5.32 Å². The molecule has 20 heavy (non-hydrogen) atoms. The number of halogens is 1. The normalized spacial score (nSPS) is 16.2. The highest BCUT2D eigenvalue weighted by atomic mass is 19.1. The number of hydrogen-bond donors (Lipinski definition) is 2. The quantitative estimate of drug-likeness (QED) is 0.882. The van der Waals surface area contributed by atoms with Gasteiger partial charge in [-0.3, -0.25) is 4.79 Å². The van der Waals surface area contributed by atoms with Crippen molar-refractivity contribution >= 4 is 11.6 Å². The monoisotopic (exact) mass is 280 g/mol. The van der Waals surface area contributed by atoms with Gasteiger partial charge in [-0.15, -0.1) is 0 Å². The van der Waals surface area contributed by atoms with E-state index in [1.54, 1.807) is 12.1 Å². The maximum atomic E-state index is 14.0. The number of nitrogens with one attached hydrogen (secondary N) is 1. The Morgan fingerprint density at radius 2 is 2.15 bits per heavy atom. The maximum absolute atomic E-state index is 14.0. The van der Waals surface area contributed by atoms with Crippen LogP contribution >= 0.6 is 0 Å². The molecular formula is C15H21FN2O2. The first-order chi connectivity index (χ1) is 9.60. The van der Waals surface area contributed by atoms with Crippen LogP contribution in [0.15, 0.2) is 18.2 Å². The van der Waals surface area contributed by atoms with Gasteiger partial charge < -0.3 is 15.3 Å². The van der Waals surface area contributed by atoms with Gasteiger partial charge in [-0.2, -0.15) is 0 Å². The number of hydrogen-bond acceptors (Lipinski definition) is 3. The van der Waals surface area contributed by atoms with Gasteiger partial charge in [0.15, 0.2) is 0 Å². The van der Waals surface area contributed by atoms with Gasteiger partial charge in [0.05, 0.1) is 12.3 Å². The summed E-state index contributed by atoms with van der Waals surface area (Å²) < 4.78 is 14.0. The minimum Gasteiger partial charge on any atom is -0.392 e. The number of carbonyl (C=O) groups is 1. The van der Waals surface area contributed by atoms with E-state index in [1.807, 2.05) is 4.90 Å². The van der Waals surface area contributed by atoms with Crippen molar-refractivity contribution in [2.45, 2.75) is 26.4 Å². The summed E-state index contributed by atoms with van der Waals surface area (Å²) in [5.41, 5.74) is 1.19. The zero-order valence-electron chi connectivity index (χ0n) is 11.7. The van der Waals surface area contributed by atoms with Gasteiger partial charge in [0.25, 0.3) is 0 Å². The zero-order valence-corrected chi connectivity index (χ0v) is 11.7. The van der Waals surface area contributed by atoms with Crippen LogP contribution in [-0.4, -0.2) is 30.6 Å². The lowest BCUT2D eigenvalue weighted by Gasteiger charge is -2.33. The number of rotatable bonds is 4. The molecular weight excluding hydrogens is 259 g/mol. The number of aliphatic hydroxyl groups is 1. The van der Waals surface area contributed by atoms with Gasteiger partial charge >= 0.3 is 0 Å². The number of carbonyl (C=O) groups excluding carboxylic acids is 1. The largest absolute Gasteiger partial charge is 0.392 e. The van der Waals surface area contributed by atoms with Crippen LogP contribution < -0.4 is 10.2 Å². The second-order valence-corrected chi connectivity index (χ2v) is 5.31. The Morgan fingerprint density at radius 1 is 1.45 bits per heavy atom. The second-order valence-electron chi connectivity index (χ2n) is 5.31. The third-order valence-electron chi connectivity index (χ3n) is 3.79. The van der Waals surface area contributed by atoms with E-state index in [0.717, 1.165) is 25.9 Å². The van der Waals surface area contributed by atoms with Crippen molar-refractivity contribution < 1.29 is 14.3 Å². The summed E-state index contributed by atoms with van der Waals surface area (Å²) in [5, 5.41) is 11.8. The smallest absolute Gasteiger partial charge is 0.216 e. The van der Waals surface area contributed by atoms with E-state index >= 15 is 0 Å². The summed E-state index contributed by atoms with van der Waals surface area (Å²) in [6.07, 6.45) is 1.89. The number of nitrogens with zero attached hydrogens (tertiary/aromatic N) is 1. The van der Waals surface area contributed by atoms with Crippen molar-refractivity contribution in [2.24, 2.45) is 5.92 Å². The zero-order chi connectivity index (χ0) is 14.5. The number of aliphatic hydroxyl groups excluding tert-OH is 1. The Morgan fingerprint density at radius 3 is 2.70 bits per heavy atom. The van der Waals surface area contributed by atoms with E-state index in [4.69, 9.17) is 5.11 Å². The third kappa shape index (κ3) is 3.70.